The Morgan fingerprint density at radius 3 is 2.53 bits per heavy atom. The lowest BCUT2D eigenvalue weighted by molar-refractivity contribution is 0.0730. The Balaban J connectivity index is 1.78. The summed E-state index contributed by atoms with van der Waals surface area (Å²) in [4.78, 5) is 0.195. The first kappa shape index (κ1) is 21.0. The number of ether oxygens (including phenoxy) is 1. The Morgan fingerprint density at radius 2 is 1.83 bits per heavy atom. The normalized spacial score (nSPS) is 15.4. The lowest BCUT2D eigenvalue weighted by Gasteiger charge is -2.26. The maximum Gasteiger partial charge on any atom is 0.243 e. The summed E-state index contributed by atoms with van der Waals surface area (Å²) in [6.45, 7) is 3.43. The van der Waals surface area contributed by atoms with Gasteiger partial charge in [0.25, 0.3) is 0 Å². The Kier molecular flexibility index (Phi) is 6.19. The van der Waals surface area contributed by atoms with Crippen molar-refractivity contribution in [1.82, 2.24) is 19.1 Å². The van der Waals surface area contributed by atoms with Gasteiger partial charge in [-0.1, -0.05) is 30.8 Å². The number of thioether (sulfide) groups is 1. The van der Waals surface area contributed by atoms with Crippen LogP contribution >= 0.6 is 11.8 Å². The standard InChI is InChI=1S/C20H21FN4O3S2/c1-2-29-20-23-22-19(25(20)17-8-6-16(21)7-9-17)15-4-3-5-18(14-15)30(26,27)24-10-12-28-13-11-24/h3-9,14H,2,10-13H2,1H3. The summed E-state index contributed by atoms with van der Waals surface area (Å²) in [5.41, 5.74) is 1.32. The van der Waals surface area contributed by atoms with Crippen molar-refractivity contribution >= 4 is 21.8 Å². The Morgan fingerprint density at radius 1 is 1.10 bits per heavy atom. The van der Waals surface area contributed by atoms with Crippen LogP contribution in [-0.2, 0) is 14.8 Å². The average molecular weight is 449 g/mol. The van der Waals surface area contributed by atoms with E-state index in [1.807, 2.05) is 11.5 Å². The van der Waals surface area contributed by atoms with E-state index in [0.717, 1.165) is 5.75 Å². The molecule has 0 saturated carbocycles. The number of halogens is 1. The Bertz CT molecular complexity index is 1130. The summed E-state index contributed by atoms with van der Waals surface area (Å²) in [6, 6.07) is 12.7. The molecule has 10 heteroatoms. The number of hydrogen-bond acceptors (Lipinski definition) is 6. The third kappa shape index (κ3) is 4.13. The quantitative estimate of drug-likeness (QED) is 0.539. The predicted octanol–water partition coefficient (Wildman–Crippen LogP) is 3.21. The van der Waals surface area contributed by atoms with Gasteiger partial charge in [-0.3, -0.25) is 4.57 Å². The zero-order valence-corrected chi connectivity index (χ0v) is 18.0. The van der Waals surface area contributed by atoms with E-state index in [4.69, 9.17) is 4.74 Å². The molecule has 3 aromatic rings. The molecule has 1 aliphatic rings. The SMILES string of the molecule is CCSc1nnc(-c2cccc(S(=O)(=O)N3CCOCC3)c2)n1-c1ccc(F)cc1. The molecule has 1 fully saturated rings. The van der Waals surface area contributed by atoms with Crippen LogP contribution in [-0.4, -0.2) is 59.5 Å². The number of sulfonamides is 1. The van der Waals surface area contributed by atoms with Crippen LogP contribution in [0.25, 0.3) is 17.1 Å². The number of morpholine rings is 1. The Hall–Kier alpha value is -2.27. The van der Waals surface area contributed by atoms with Crippen LogP contribution in [0.5, 0.6) is 0 Å². The maximum atomic E-state index is 13.4. The second-order valence-electron chi connectivity index (χ2n) is 6.60. The van der Waals surface area contributed by atoms with Gasteiger partial charge in [0.1, 0.15) is 5.82 Å². The van der Waals surface area contributed by atoms with Crippen molar-refractivity contribution < 1.29 is 17.5 Å². The highest BCUT2D eigenvalue weighted by Gasteiger charge is 2.27. The van der Waals surface area contributed by atoms with Crippen molar-refractivity contribution in [2.45, 2.75) is 17.0 Å². The minimum Gasteiger partial charge on any atom is -0.379 e. The maximum absolute atomic E-state index is 13.4. The number of hydrogen-bond donors (Lipinski definition) is 0. The largest absolute Gasteiger partial charge is 0.379 e. The van der Waals surface area contributed by atoms with Crippen LogP contribution in [0.1, 0.15) is 6.92 Å². The fourth-order valence-corrected chi connectivity index (χ4v) is 5.37. The molecule has 0 spiro atoms. The van der Waals surface area contributed by atoms with E-state index in [1.54, 1.807) is 36.4 Å². The topological polar surface area (TPSA) is 77.3 Å². The third-order valence-electron chi connectivity index (χ3n) is 4.69. The predicted molar refractivity (Wildman–Crippen MR) is 113 cm³/mol. The molecule has 0 amide bonds. The van der Waals surface area contributed by atoms with Crippen molar-refractivity contribution in [2.24, 2.45) is 0 Å². The lowest BCUT2D eigenvalue weighted by Crippen LogP contribution is -2.40. The smallest absolute Gasteiger partial charge is 0.243 e. The van der Waals surface area contributed by atoms with E-state index in [9.17, 15) is 12.8 Å². The fourth-order valence-electron chi connectivity index (χ4n) is 3.23. The average Bonchev–Trinajstić information content (AvgIpc) is 3.19. The monoisotopic (exact) mass is 448 g/mol. The van der Waals surface area contributed by atoms with Crippen molar-refractivity contribution in [1.29, 1.82) is 0 Å². The van der Waals surface area contributed by atoms with Crippen LogP contribution in [0.4, 0.5) is 4.39 Å². The first-order chi connectivity index (χ1) is 14.5. The molecule has 1 saturated heterocycles. The lowest BCUT2D eigenvalue weighted by atomic mass is 10.2. The van der Waals surface area contributed by atoms with E-state index < -0.39 is 10.0 Å². The van der Waals surface area contributed by atoms with Crippen LogP contribution in [0.3, 0.4) is 0 Å². The highest BCUT2D eigenvalue weighted by molar-refractivity contribution is 7.99. The van der Waals surface area contributed by atoms with Gasteiger partial charge in [-0.2, -0.15) is 4.31 Å². The van der Waals surface area contributed by atoms with E-state index in [-0.39, 0.29) is 10.7 Å². The third-order valence-corrected chi connectivity index (χ3v) is 7.40. The molecule has 0 atom stereocenters. The second-order valence-corrected chi connectivity index (χ2v) is 9.76. The molecular weight excluding hydrogens is 427 g/mol. The van der Waals surface area contributed by atoms with Gasteiger partial charge >= 0.3 is 0 Å². The highest BCUT2D eigenvalue weighted by Crippen LogP contribution is 2.30. The first-order valence-corrected chi connectivity index (χ1v) is 12.0. The van der Waals surface area contributed by atoms with Gasteiger partial charge in [0.2, 0.25) is 10.0 Å². The van der Waals surface area contributed by atoms with E-state index in [2.05, 4.69) is 10.2 Å². The van der Waals surface area contributed by atoms with Gasteiger partial charge in [0, 0.05) is 24.3 Å². The van der Waals surface area contributed by atoms with Crippen molar-refractivity contribution in [3.8, 4) is 17.1 Å². The molecule has 1 aliphatic heterocycles. The fraction of sp³-hybridized carbons (Fsp3) is 0.300. The van der Waals surface area contributed by atoms with E-state index in [0.29, 0.717) is 48.5 Å². The molecule has 0 radical (unpaired) electrons. The summed E-state index contributed by atoms with van der Waals surface area (Å²) in [7, 11) is -3.64. The molecule has 2 heterocycles. The van der Waals surface area contributed by atoms with Crippen molar-refractivity contribution in [3.05, 3.63) is 54.3 Å². The first-order valence-electron chi connectivity index (χ1n) is 9.53. The molecule has 0 aliphatic carbocycles. The van der Waals surface area contributed by atoms with Gasteiger partial charge in [-0.15, -0.1) is 10.2 Å². The molecule has 158 valence electrons. The summed E-state index contributed by atoms with van der Waals surface area (Å²) in [5.74, 6) is 0.943. The second kappa shape index (κ2) is 8.84. The van der Waals surface area contributed by atoms with Crippen molar-refractivity contribution in [2.75, 3.05) is 32.1 Å². The molecule has 0 N–H and O–H groups in total. The molecular formula is C20H21FN4O3S2. The summed E-state index contributed by atoms with van der Waals surface area (Å²) in [6.07, 6.45) is 0. The molecule has 0 unspecified atom stereocenters. The van der Waals surface area contributed by atoms with Gasteiger partial charge < -0.3 is 4.74 Å². The van der Waals surface area contributed by atoms with Crippen LogP contribution in [0, 0.1) is 5.82 Å². The minimum absolute atomic E-state index is 0.195. The Labute approximate surface area is 178 Å². The van der Waals surface area contributed by atoms with Gasteiger partial charge in [0.05, 0.1) is 18.1 Å². The molecule has 4 rings (SSSR count). The highest BCUT2D eigenvalue weighted by atomic mass is 32.2. The summed E-state index contributed by atoms with van der Waals surface area (Å²) in [5, 5.41) is 9.23. The summed E-state index contributed by atoms with van der Waals surface area (Å²) >= 11 is 1.50. The number of nitrogens with zero attached hydrogens (tertiary/aromatic N) is 4. The molecule has 30 heavy (non-hydrogen) atoms. The zero-order chi connectivity index (χ0) is 21.1. The minimum atomic E-state index is -3.64. The van der Waals surface area contributed by atoms with Crippen LogP contribution in [0.15, 0.2) is 58.6 Å². The number of aromatic nitrogens is 3. The van der Waals surface area contributed by atoms with E-state index in [1.165, 1.54) is 28.2 Å². The van der Waals surface area contributed by atoms with E-state index >= 15 is 0 Å². The van der Waals surface area contributed by atoms with Crippen LogP contribution < -0.4 is 0 Å². The molecule has 7 nitrogen and oxygen atoms in total. The zero-order valence-electron chi connectivity index (χ0n) is 16.4. The van der Waals surface area contributed by atoms with Gasteiger partial charge in [-0.25, -0.2) is 12.8 Å². The van der Waals surface area contributed by atoms with Gasteiger partial charge in [-0.05, 0) is 42.2 Å². The molecule has 2 aromatic carbocycles. The van der Waals surface area contributed by atoms with Gasteiger partial charge in [0.15, 0.2) is 11.0 Å². The number of rotatable bonds is 6. The molecule has 1 aromatic heterocycles. The van der Waals surface area contributed by atoms with Crippen LogP contribution in [0.2, 0.25) is 0 Å². The summed E-state index contributed by atoms with van der Waals surface area (Å²) < 4.78 is 48.0. The molecule has 0 bridgehead atoms. The van der Waals surface area contributed by atoms with Crippen molar-refractivity contribution in [3.63, 3.8) is 0 Å². The number of benzene rings is 2.